The van der Waals surface area contributed by atoms with Crippen molar-refractivity contribution < 1.29 is 13.0 Å². The van der Waals surface area contributed by atoms with Crippen molar-refractivity contribution in [1.82, 2.24) is 4.98 Å². The molecule has 1 atom stereocenters. The van der Waals surface area contributed by atoms with Crippen LogP contribution in [-0.4, -0.2) is 15.4 Å². The number of rotatable bonds is 3. The molecule has 1 rings (SSSR count). The molecule has 1 unspecified atom stereocenters. The molecule has 1 aromatic rings. The Labute approximate surface area is 92.1 Å². The maximum absolute atomic E-state index is 12.2. The lowest BCUT2D eigenvalue weighted by Gasteiger charge is -2.03. The number of alkyl halides is 2. The first kappa shape index (κ1) is 12.5. The van der Waals surface area contributed by atoms with Gasteiger partial charge in [0.2, 0.25) is 6.19 Å². The summed E-state index contributed by atoms with van der Waals surface area (Å²) < 4.78 is 39.2. The SMILES string of the molecule is CS(=O)(Cc1ccc(C(F)F)nc1)=NC#N. The lowest BCUT2D eigenvalue weighted by atomic mass is 10.3. The zero-order valence-corrected chi connectivity index (χ0v) is 9.25. The van der Waals surface area contributed by atoms with Crippen molar-refractivity contribution in [3.05, 3.63) is 29.6 Å². The highest BCUT2D eigenvalue weighted by Gasteiger charge is 2.09. The van der Waals surface area contributed by atoms with Crippen LogP contribution >= 0.6 is 0 Å². The highest BCUT2D eigenvalue weighted by molar-refractivity contribution is 7.92. The van der Waals surface area contributed by atoms with E-state index in [1.165, 1.54) is 30.8 Å². The molecule has 0 spiro atoms. The number of pyridine rings is 1. The molecule has 0 aliphatic rings. The molecule has 0 fully saturated rings. The Kier molecular flexibility index (Phi) is 3.90. The first-order chi connectivity index (χ1) is 7.44. The first-order valence-electron chi connectivity index (χ1n) is 4.25. The summed E-state index contributed by atoms with van der Waals surface area (Å²) in [5.74, 6) is 0.0249. The van der Waals surface area contributed by atoms with Crippen LogP contribution in [-0.2, 0) is 15.5 Å². The fourth-order valence-corrected chi connectivity index (χ4v) is 2.10. The van der Waals surface area contributed by atoms with Gasteiger partial charge in [-0.2, -0.15) is 5.26 Å². The summed E-state index contributed by atoms with van der Waals surface area (Å²) in [6.07, 6.45) is 1.40. The summed E-state index contributed by atoms with van der Waals surface area (Å²) in [4.78, 5) is 3.52. The lowest BCUT2D eigenvalue weighted by molar-refractivity contribution is 0.146. The van der Waals surface area contributed by atoms with Crippen LogP contribution < -0.4 is 0 Å². The largest absolute Gasteiger partial charge is 0.280 e. The Bertz CT molecular complexity index is 513. The molecule has 0 amide bonds. The second-order valence-electron chi connectivity index (χ2n) is 3.19. The van der Waals surface area contributed by atoms with E-state index in [9.17, 15) is 13.0 Å². The van der Waals surface area contributed by atoms with Crippen molar-refractivity contribution in [2.24, 2.45) is 4.36 Å². The molecule has 86 valence electrons. The van der Waals surface area contributed by atoms with Crippen molar-refractivity contribution in [2.45, 2.75) is 12.2 Å². The van der Waals surface area contributed by atoms with E-state index in [4.69, 9.17) is 5.26 Å². The number of aromatic nitrogens is 1. The standard InChI is InChI=1S/C9H9F2N3OS/c1-16(15,14-6-12)5-7-2-3-8(9(10)11)13-4-7/h2-4,9H,5H2,1H3. The van der Waals surface area contributed by atoms with Gasteiger partial charge in [0.15, 0.2) is 0 Å². The predicted octanol–water partition coefficient (Wildman–Crippen LogP) is 2.10. The van der Waals surface area contributed by atoms with Crippen LogP contribution in [0.4, 0.5) is 8.78 Å². The smallest absolute Gasteiger partial charge is 0.255 e. The van der Waals surface area contributed by atoms with Crippen molar-refractivity contribution in [3.63, 3.8) is 0 Å². The third-order valence-corrected chi connectivity index (χ3v) is 3.08. The summed E-state index contributed by atoms with van der Waals surface area (Å²) in [6.45, 7) is 0. The molecule has 0 aliphatic heterocycles. The third kappa shape index (κ3) is 3.55. The molecule has 1 aromatic heterocycles. The van der Waals surface area contributed by atoms with E-state index >= 15 is 0 Å². The fourth-order valence-electron chi connectivity index (χ4n) is 1.08. The molecule has 0 radical (unpaired) electrons. The van der Waals surface area contributed by atoms with Crippen molar-refractivity contribution in [2.75, 3.05) is 6.26 Å². The van der Waals surface area contributed by atoms with Crippen molar-refractivity contribution >= 4 is 9.73 Å². The van der Waals surface area contributed by atoms with Gasteiger partial charge < -0.3 is 0 Å². The zero-order chi connectivity index (χ0) is 12.2. The second kappa shape index (κ2) is 4.99. The second-order valence-corrected chi connectivity index (χ2v) is 5.58. The Balaban J connectivity index is 2.90. The minimum Gasteiger partial charge on any atom is -0.255 e. The highest BCUT2D eigenvalue weighted by Crippen LogP contribution is 2.16. The molecule has 1 heterocycles. The first-order valence-corrected chi connectivity index (χ1v) is 6.35. The molecule has 7 heteroatoms. The fraction of sp³-hybridized carbons (Fsp3) is 0.333. The Morgan fingerprint density at radius 1 is 1.62 bits per heavy atom. The van der Waals surface area contributed by atoms with Gasteiger partial charge in [-0.05, 0) is 11.6 Å². The van der Waals surface area contributed by atoms with Gasteiger partial charge in [-0.1, -0.05) is 6.07 Å². The van der Waals surface area contributed by atoms with Crippen LogP contribution in [0.2, 0.25) is 0 Å². The summed E-state index contributed by atoms with van der Waals surface area (Å²) in [5.41, 5.74) is 0.180. The van der Waals surface area contributed by atoms with Gasteiger partial charge in [0.1, 0.15) is 5.69 Å². The maximum Gasteiger partial charge on any atom is 0.280 e. The van der Waals surface area contributed by atoms with Gasteiger partial charge in [-0.25, -0.2) is 13.0 Å². The molecule has 0 N–H and O–H groups in total. The summed E-state index contributed by atoms with van der Waals surface area (Å²) >= 11 is 0. The van der Waals surface area contributed by atoms with Crippen LogP contribution in [0, 0.1) is 11.5 Å². The Morgan fingerprint density at radius 2 is 2.31 bits per heavy atom. The summed E-state index contributed by atoms with van der Waals surface area (Å²) in [7, 11) is -2.63. The van der Waals surface area contributed by atoms with E-state index < -0.39 is 16.2 Å². The van der Waals surface area contributed by atoms with Gasteiger partial charge in [-0.3, -0.25) is 4.98 Å². The molecule has 0 saturated heterocycles. The normalized spacial score (nSPS) is 14.2. The monoisotopic (exact) mass is 245 g/mol. The number of halogens is 2. The lowest BCUT2D eigenvalue weighted by Crippen LogP contribution is -2.01. The number of hydrogen-bond acceptors (Lipinski definition) is 4. The van der Waals surface area contributed by atoms with Crippen LogP contribution in [0.15, 0.2) is 22.7 Å². The van der Waals surface area contributed by atoms with Crippen LogP contribution in [0.1, 0.15) is 17.7 Å². The number of nitriles is 1. The maximum atomic E-state index is 12.2. The number of hydrogen-bond donors (Lipinski definition) is 0. The molecule has 0 bridgehead atoms. The molecule has 4 nitrogen and oxygen atoms in total. The van der Waals surface area contributed by atoms with Crippen LogP contribution in [0.25, 0.3) is 0 Å². The summed E-state index contributed by atoms with van der Waals surface area (Å²) in [5, 5.41) is 8.29. The Hall–Kier alpha value is -1.55. The van der Waals surface area contributed by atoms with Gasteiger partial charge in [0, 0.05) is 12.5 Å². The van der Waals surface area contributed by atoms with Crippen molar-refractivity contribution in [3.8, 4) is 6.19 Å². The van der Waals surface area contributed by atoms with Gasteiger partial charge in [-0.15, -0.1) is 4.36 Å². The zero-order valence-electron chi connectivity index (χ0n) is 8.43. The van der Waals surface area contributed by atoms with Crippen LogP contribution in [0.5, 0.6) is 0 Å². The average molecular weight is 245 g/mol. The Morgan fingerprint density at radius 3 is 2.75 bits per heavy atom. The van der Waals surface area contributed by atoms with E-state index in [-0.39, 0.29) is 11.4 Å². The van der Waals surface area contributed by atoms with Crippen LogP contribution in [0.3, 0.4) is 0 Å². The van der Waals surface area contributed by atoms with E-state index in [0.717, 1.165) is 0 Å². The predicted molar refractivity (Wildman–Crippen MR) is 55.0 cm³/mol. The van der Waals surface area contributed by atoms with Gasteiger partial charge in [0.05, 0.1) is 15.5 Å². The average Bonchev–Trinajstić information content (AvgIpc) is 2.17. The van der Waals surface area contributed by atoms with E-state index in [2.05, 4.69) is 9.35 Å². The highest BCUT2D eigenvalue weighted by atomic mass is 32.2. The quantitative estimate of drug-likeness (QED) is 0.766. The molecule has 16 heavy (non-hydrogen) atoms. The van der Waals surface area contributed by atoms with Crippen molar-refractivity contribution in [1.29, 1.82) is 5.26 Å². The molecular weight excluding hydrogens is 236 g/mol. The molecular formula is C9H9F2N3OS. The van der Waals surface area contributed by atoms with Gasteiger partial charge in [0.25, 0.3) is 6.43 Å². The number of nitrogens with zero attached hydrogens (tertiary/aromatic N) is 3. The van der Waals surface area contributed by atoms with E-state index in [1.807, 2.05) is 0 Å². The van der Waals surface area contributed by atoms with E-state index in [0.29, 0.717) is 5.56 Å². The minimum atomic E-state index is -2.63. The van der Waals surface area contributed by atoms with Gasteiger partial charge >= 0.3 is 0 Å². The molecule has 0 saturated carbocycles. The topological polar surface area (TPSA) is 66.1 Å². The molecule has 0 aromatic carbocycles. The van der Waals surface area contributed by atoms with E-state index in [1.54, 1.807) is 0 Å². The molecule has 0 aliphatic carbocycles. The minimum absolute atomic E-state index is 0.0249. The summed E-state index contributed by atoms with van der Waals surface area (Å²) in [6, 6.07) is 2.58. The third-order valence-electron chi connectivity index (χ3n) is 1.74.